The van der Waals surface area contributed by atoms with Gasteiger partial charge in [-0.1, -0.05) is 0 Å². The van der Waals surface area contributed by atoms with Crippen LogP contribution < -0.4 is 4.72 Å². The molecule has 0 aliphatic heterocycles. The summed E-state index contributed by atoms with van der Waals surface area (Å²) in [7, 11) is -3.79. The zero-order valence-electron chi connectivity index (χ0n) is 8.22. The maximum Gasteiger partial charge on any atom is 0.345 e. The van der Waals surface area contributed by atoms with Gasteiger partial charge in [0.05, 0.1) is 17.5 Å². The number of carbonyl (C=O) groups is 1. The lowest BCUT2D eigenvalue weighted by Gasteiger charge is -2.01. The summed E-state index contributed by atoms with van der Waals surface area (Å²) in [5.74, 6) is -1.17. The third-order valence-corrected chi connectivity index (χ3v) is 4.41. The van der Waals surface area contributed by atoms with Crippen molar-refractivity contribution in [1.29, 1.82) is 5.26 Å². The van der Waals surface area contributed by atoms with Crippen molar-refractivity contribution in [3.63, 3.8) is 0 Å². The molecule has 6 nitrogen and oxygen atoms in total. The van der Waals surface area contributed by atoms with Crippen LogP contribution in [0.2, 0.25) is 0 Å². The van der Waals surface area contributed by atoms with Crippen molar-refractivity contribution in [3.8, 4) is 6.07 Å². The van der Waals surface area contributed by atoms with E-state index in [4.69, 9.17) is 10.4 Å². The molecular weight excluding hydrogens is 252 g/mol. The molecule has 0 saturated carbocycles. The largest absolute Gasteiger partial charge is 0.477 e. The third-order valence-electron chi connectivity index (χ3n) is 1.71. The number of carboxylic acids is 1. The van der Waals surface area contributed by atoms with E-state index in [2.05, 4.69) is 0 Å². The fourth-order valence-electron chi connectivity index (χ4n) is 1.04. The second kappa shape index (κ2) is 4.61. The molecular formula is C8H8N2O4S2. The molecule has 0 fully saturated rings. The van der Waals surface area contributed by atoms with E-state index in [1.807, 2.05) is 4.72 Å². The SMILES string of the molecule is Cc1sc(C(=O)O)cc1S(=O)(=O)NCC#N. The molecule has 0 aliphatic carbocycles. The summed E-state index contributed by atoms with van der Waals surface area (Å²) in [6.45, 7) is 1.16. The highest BCUT2D eigenvalue weighted by Gasteiger charge is 2.21. The van der Waals surface area contributed by atoms with Gasteiger partial charge < -0.3 is 5.11 Å². The maximum absolute atomic E-state index is 11.6. The predicted octanol–water partition coefficient (Wildman–Crippen LogP) is 0.557. The Balaban J connectivity index is 3.14. The molecule has 86 valence electrons. The molecule has 1 aromatic rings. The molecule has 0 aromatic carbocycles. The van der Waals surface area contributed by atoms with E-state index in [9.17, 15) is 13.2 Å². The van der Waals surface area contributed by atoms with Gasteiger partial charge in [-0.2, -0.15) is 9.98 Å². The Hall–Kier alpha value is -1.43. The number of rotatable bonds is 4. The Kier molecular flexibility index (Phi) is 3.64. The summed E-state index contributed by atoms with van der Waals surface area (Å²) < 4.78 is 25.2. The standard InChI is InChI=1S/C8H8N2O4S2/c1-5-7(4-6(15-5)8(11)12)16(13,14)10-3-2-9/h4,10H,3H2,1H3,(H,11,12). The molecule has 0 unspecified atom stereocenters. The van der Waals surface area contributed by atoms with Crippen LogP contribution in [0.15, 0.2) is 11.0 Å². The summed E-state index contributed by atoms with van der Waals surface area (Å²) in [6, 6.07) is 2.72. The van der Waals surface area contributed by atoms with E-state index >= 15 is 0 Å². The lowest BCUT2D eigenvalue weighted by molar-refractivity contribution is 0.0702. The smallest absolute Gasteiger partial charge is 0.345 e. The minimum absolute atomic E-state index is 0.0465. The average Bonchev–Trinajstić information content (AvgIpc) is 2.58. The van der Waals surface area contributed by atoms with E-state index in [0.29, 0.717) is 4.88 Å². The molecule has 2 N–H and O–H groups in total. The van der Waals surface area contributed by atoms with Crippen molar-refractivity contribution >= 4 is 27.3 Å². The van der Waals surface area contributed by atoms with Crippen molar-refractivity contribution in [2.24, 2.45) is 0 Å². The van der Waals surface area contributed by atoms with E-state index < -0.39 is 16.0 Å². The maximum atomic E-state index is 11.6. The minimum atomic E-state index is -3.79. The monoisotopic (exact) mass is 260 g/mol. The minimum Gasteiger partial charge on any atom is -0.477 e. The Labute approximate surface area is 96.2 Å². The van der Waals surface area contributed by atoms with Crippen molar-refractivity contribution < 1.29 is 18.3 Å². The number of hydrogen-bond donors (Lipinski definition) is 2. The van der Waals surface area contributed by atoms with Crippen molar-refractivity contribution in [1.82, 2.24) is 4.72 Å². The highest BCUT2D eigenvalue weighted by atomic mass is 32.2. The van der Waals surface area contributed by atoms with Gasteiger partial charge in [0.2, 0.25) is 10.0 Å². The first-order valence-corrected chi connectivity index (χ1v) is 6.39. The highest BCUT2D eigenvalue weighted by Crippen LogP contribution is 2.25. The van der Waals surface area contributed by atoms with Gasteiger partial charge in [-0.25, -0.2) is 13.2 Å². The van der Waals surface area contributed by atoms with Crippen molar-refractivity contribution in [3.05, 3.63) is 15.8 Å². The molecule has 0 radical (unpaired) electrons. The summed E-state index contributed by atoms with van der Waals surface area (Å²) in [5, 5.41) is 17.0. The lowest BCUT2D eigenvalue weighted by atomic mass is 10.4. The third kappa shape index (κ3) is 2.57. The number of nitrogens with zero attached hydrogens (tertiary/aromatic N) is 1. The Morgan fingerprint density at radius 2 is 2.31 bits per heavy atom. The molecule has 0 spiro atoms. The number of nitriles is 1. The highest BCUT2D eigenvalue weighted by molar-refractivity contribution is 7.89. The summed E-state index contributed by atoms with van der Waals surface area (Å²) in [4.78, 5) is 10.9. The fraction of sp³-hybridized carbons (Fsp3) is 0.250. The quantitative estimate of drug-likeness (QED) is 0.769. The van der Waals surface area contributed by atoms with Crippen LogP contribution in [-0.2, 0) is 10.0 Å². The molecule has 0 bridgehead atoms. The second-order valence-corrected chi connectivity index (χ2v) is 5.81. The van der Waals surface area contributed by atoms with Gasteiger partial charge in [0.15, 0.2) is 0 Å². The van der Waals surface area contributed by atoms with Crippen LogP contribution in [0.5, 0.6) is 0 Å². The lowest BCUT2D eigenvalue weighted by Crippen LogP contribution is -2.24. The number of aryl methyl sites for hydroxylation is 1. The van der Waals surface area contributed by atoms with Crippen LogP contribution in [0, 0.1) is 18.3 Å². The number of aromatic carboxylic acids is 1. The average molecular weight is 260 g/mol. The van der Waals surface area contributed by atoms with Gasteiger partial charge in [-0.3, -0.25) is 0 Å². The van der Waals surface area contributed by atoms with E-state index in [-0.39, 0.29) is 16.3 Å². The zero-order valence-corrected chi connectivity index (χ0v) is 9.85. The topological polar surface area (TPSA) is 107 Å². The normalized spacial score (nSPS) is 11.0. The van der Waals surface area contributed by atoms with Gasteiger partial charge in [0.1, 0.15) is 4.88 Å². The molecule has 0 atom stereocenters. The molecule has 1 aromatic heterocycles. The first-order valence-electron chi connectivity index (χ1n) is 4.09. The number of hydrogen-bond acceptors (Lipinski definition) is 5. The number of nitrogens with one attached hydrogen (secondary N) is 1. The molecule has 0 aliphatic rings. The van der Waals surface area contributed by atoms with Gasteiger partial charge in [-0.05, 0) is 13.0 Å². The predicted molar refractivity (Wildman–Crippen MR) is 56.8 cm³/mol. The number of sulfonamides is 1. The van der Waals surface area contributed by atoms with Crippen LogP contribution in [0.4, 0.5) is 0 Å². The Morgan fingerprint density at radius 1 is 1.69 bits per heavy atom. The molecule has 1 heterocycles. The first kappa shape index (κ1) is 12.6. The van der Waals surface area contributed by atoms with Crippen LogP contribution in [0.3, 0.4) is 0 Å². The summed E-state index contributed by atoms with van der Waals surface area (Å²) in [6.07, 6.45) is 0. The van der Waals surface area contributed by atoms with Crippen LogP contribution >= 0.6 is 11.3 Å². The van der Waals surface area contributed by atoms with Crippen molar-refractivity contribution in [2.75, 3.05) is 6.54 Å². The molecule has 8 heteroatoms. The van der Waals surface area contributed by atoms with Crippen molar-refractivity contribution in [2.45, 2.75) is 11.8 Å². The first-order chi connectivity index (χ1) is 7.38. The van der Waals surface area contributed by atoms with Gasteiger partial charge in [0.25, 0.3) is 0 Å². The number of carboxylic acid groups (broad SMARTS) is 1. The van der Waals surface area contributed by atoms with Gasteiger partial charge in [-0.15, -0.1) is 11.3 Å². The van der Waals surface area contributed by atoms with Gasteiger partial charge >= 0.3 is 5.97 Å². The van der Waals surface area contributed by atoms with Crippen LogP contribution in [0.25, 0.3) is 0 Å². The van der Waals surface area contributed by atoms with E-state index in [0.717, 1.165) is 17.4 Å². The molecule has 1 rings (SSSR count). The summed E-state index contributed by atoms with van der Waals surface area (Å²) in [5.41, 5.74) is 0. The van der Waals surface area contributed by atoms with E-state index in [1.54, 1.807) is 6.07 Å². The second-order valence-electron chi connectivity index (χ2n) is 2.82. The molecule has 0 amide bonds. The van der Waals surface area contributed by atoms with Crippen LogP contribution in [-0.4, -0.2) is 26.0 Å². The molecule has 0 saturated heterocycles. The Bertz CT molecular complexity index is 553. The fourth-order valence-corrected chi connectivity index (χ4v) is 3.39. The van der Waals surface area contributed by atoms with Crippen LogP contribution in [0.1, 0.15) is 14.5 Å². The molecule has 16 heavy (non-hydrogen) atoms. The van der Waals surface area contributed by atoms with Gasteiger partial charge in [0, 0.05) is 4.88 Å². The number of thiophene rings is 1. The van der Waals surface area contributed by atoms with E-state index in [1.165, 1.54) is 6.92 Å². The Morgan fingerprint density at radius 3 is 2.75 bits per heavy atom. The zero-order chi connectivity index (χ0) is 12.3. The summed E-state index contributed by atoms with van der Waals surface area (Å²) >= 11 is 0.881.